The zero-order valence-electron chi connectivity index (χ0n) is 12.8. The molecule has 2 rings (SSSR count). The number of benzene rings is 1. The minimum absolute atomic E-state index is 0.103. The summed E-state index contributed by atoms with van der Waals surface area (Å²) in [5, 5.41) is 3.25. The number of aromatic nitrogens is 2. The lowest BCUT2D eigenvalue weighted by atomic mass is 10.1. The second-order valence-corrected chi connectivity index (χ2v) is 4.94. The van der Waals surface area contributed by atoms with Gasteiger partial charge < -0.3 is 14.2 Å². The Kier molecular flexibility index (Phi) is 5.67. The maximum absolute atomic E-state index is 12.4. The fourth-order valence-electron chi connectivity index (χ4n) is 1.82. The number of alkyl halides is 5. The molecule has 0 bridgehead atoms. The number of carbonyl (C=O) groups excluding carboxylic acids is 1. The van der Waals surface area contributed by atoms with E-state index in [4.69, 9.17) is 0 Å². The van der Waals surface area contributed by atoms with E-state index in [1.807, 2.05) is 0 Å². The van der Waals surface area contributed by atoms with E-state index in [9.17, 15) is 26.7 Å². The number of carbonyl (C=O) groups is 1. The molecule has 0 N–H and O–H groups in total. The predicted octanol–water partition coefficient (Wildman–Crippen LogP) is 2.95. The lowest BCUT2D eigenvalue weighted by Crippen LogP contribution is -2.30. The highest BCUT2D eigenvalue weighted by Gasteiger charge is 2.38. The molecule has 0 saturated carbocycles. The van der Waals surface area contributed by atoms with Gasteiger partial charge in [-0.1, -0.05) is 29.4 Å². The molecule has 1 heterocycles. The average molecular weight is 365 g/mol. The van der Waals surface area contributed by atoms with Gasteiger partial charge in [-0.3, -0.25) is 4.79 Å². The van der Waals surface area contributed by atoms with E-state index in [2.05, 4.69) is 19.4 Å². The topological polar surface area (TPSA) is 68.5 Å². The van der Waals surface area contributed by atoms with Gasteiger partial charge in [0.1, 0.15) is 6.61 Å². The summed E-state index contributed by atoms with van der Waals surface area (Å²) in [6.45, 7) is -3.69. The second-order valence-electron chi connectivity index (χ2n) is 4.94. The van der Waals surface area contributed by atoms with Crippen LogP contribution in [-0.2, 0) is 22.3 Å². The summed E-state index contributed by atoms with van der Waals surface area (Å²) in [4.78, 5) is 16.0. The first-order valence-electron chi connectivity index (χ1n) is 6.80. The summed E-state index contributed by atoms with van der Waals surface area (Å²) in [5.74, 6) is -2.32. The quantitative estimate of drug-likeness (QED) is 0.737. The number of hydrogen-bond donors (Lipinski definition) is 0. The minimum atomic E-state index is -4.73. The average Bonchev–Trinajstić information content (AvgIpc) is 3.03. The number of halogens is 5. The Labute approximate surface area is 138 Å². The van der Waals surface area contributed by atoms with Crippen LogP contribution in [0.4, 0.5) is 22.0 Å². The van der Waals surface area contributed by atoms with Crippen molar-refractivity contribution in [2.24, 2.45) is 0 Å². The summed E-state index contributed by atoms with van der Waals surface area (Å²) in [5.41, 5.74) is 0.911. The third kappa shape index (κ3) is 5.21. The molecule has 0 spiro atoms. The molecule has 0 aliphatic heterocycles. The van der Waals surface area contributed by atoms with Crippen molar-refractivity contribution in [1.29, 1.82) is 0 Å². The molecule has 25 heavy (non-hydrogen) atoms. The molecule has 2 aromatic rings. The third-order valence-electron chi connectivity index (χ3n) is 3.06. The first-order chi connectivity index (χ1) is 11.7. The molecule has 0 unspecified atom stereocenters. The fourth-order valence-corrected chi connectivity index (χ4v) is 1.82. The molecule has 136 valence electrons. The zero-order valence-corrected chi connectivity index (χ0v) is 12.8. The monoisotopic (exact) mass is 365 g/mol. The van der Waals surface area contributed by atoms with Crippen molar-refractivity contribution in [3.8, 4) is 11.4 Å². The van der Waals surface area contributed by atoms with Crippen LogP contribution in [0.15, 0.2) is 28.8 Å². The van der Waals surface area contributed by atoms with Gasteiger partial charge in [-0.15, -0.1) is 0 Å². The van der Waals surface area contributed by atoms with Gasteiger partial charge in [0, 0.05) is 19.2 Å². The molecule has 0 saturated heterocycles. The molecule has 0 radical (unpaired) electrons. The summed E-state index contributed by atoms with van der Waals surface area (Å²) < 4.78 is 69.1. The fraction of sp³-hybridized carbons (Fsp3) is 0.357. The lowest BCUT2D eigenvalue weighted by molar-refractivity contribution is -0.159. The number of hydrogen-bond acceptors (Lipinski definition) is 5. The van der Waals surface area contributed by atoms with Crippen molar-refractivity contribution in [3.05, 3.63) is 35.7 Å². The summed E-state index contributed by atoms with van der Waals surface area (Å²) in [6.07, 6.45) is -4.73. The van der Waals surface area contributed by atoms with Gasteiger partial charge >= 0.3 is 18.7 Å². The molecule has 6 nitrogen and oxygen atoms in total. The van der Waals surface area contributed by atoms with Crippen LogP contribution in [-0.4, -0.2) is 41.2 Å². The van der Waals surface area contributed by atoms with E-state index in [-0.39, 0.29) is 17.9 Å². The van der Waals surface area contributed by atoms with Crippen LogP contribution in [0, 0.1) is 0 Å². The van der Waals surface area contributed by atoms with E-state index in [1.165, 1.54) is 36.2 Å². The van der Waals surface area contributed by atoms with Crippen LogP contribution in [0.3, 0.4) is 0 Å². The number of amides is 1. The van der Waals surface area contributed by atoms with E-state index < -0.39 is 31.2 Å². The van der Waals surface area contributed by atoms with Crippen molar-refractivity contribution in [2.45, 2.75) is 19.3 Å². The first-order valence-corrected chi connectivity index (χ1v) is 6.80. The molecular weight excluding hydrogens is 353 g/mol. The second kappa shape index (κ2) is 7.55. The third-order valence-corrected chi connectivity index (χ3v) is 3.06. The summed E-state index contributed by atoms with van der Waals surface area (Å²) in [6, 6.07) is 5.98. The SMILES string of the molecule is CN(Cc1ccc(-c2noc(C(F)(F)F)n2)cc1)C(=O)COC(F)F. The Morgan fingerprint density at radius 1 is 1.28 bits per heavy atom. The largest absolute Gasteiger partial charge is 0.471 e. The Bertz CT molecular complexity index is 715. The zero-order chi connectivity index (χ0) is 18.6. The number of rotatable bonds is 6. The number of likely N-dealkylation sites (N-methyl/N-ethyl adjacent to an activating group) is 1. The normalized spacial score (nSPS) is 11.8. The molecule has 0 aliphatic rings. The first kappa shape index (κ1) is 18.8. The minimum Gasteiger partial charge on any atom is -0.339 e. The summed E-state index contributed by atoms with van der Waals surface area (Å²) >= 11 is 0. The Balaban J connectivity index is 2.00. The van der Waals surface area contributed by atoms with Crippen LogP contribution in [0.25, 0.3) is 11.4 Å². The van der Waals surface area contributed by atoms with Gasteiger partial charge in [-0.2, -0.15) is 26.9 Å². The highest BCUT2D eigenvalue weighted by atomic mass is 19.4. The maximum Gasteiger partial charge on any atom is 0.471 e. The standard InChI is InChI=1S/C14H12F5N3O3/c1-22(10(23)7-24-13(15)16)6-8-2-4-9(5-3-8)11-20-12(25-21-11)14(17,18)19/h2-5,13H,6-7H2,1H3. The van der Waals surface area contributed by atoms with E-state index in [0.29, 0.717) is 5.56 Å². The van der Waals surface area contributed by atoms with Crippen LogP contribution >= 0.6 is 0 Å². The predicted molar refractivity (Wildman–Crippen MR) is 73.2 cm³/mol. The number of ether oxygens (including phenoxy) is 1. The smallest absolute Gasteiger partial charge is 0.339 e. The molecule has 1 amide bonds. The molecular formula is C14H12F5N3O3. The van der Waals surface area contributed by atoms with Gasteiger partial charge in [-0.05, 0) is 5.56 Å². The molecule has 1 aromatic heterocycles. The molecule has 0 atom stereocenters. The molecule has 1 aromatic carbocycles. The van der Waals surface area contributed by atoms with Gasteiger partial charge in [0.15, 0.2) is 0 Å². The van der Waals surface area contributed by atoms with E-state index in [1.54, 1.807) is 0 Å². The van der Waals surface area contributed by atoms with Crippen molar-refractivity contribution < 1.29 is 36.0 Å². The highest BCUT2D eigenvalue weighted by Crippen LogP contribution is 2.29. The Hall–Kier alpha value is -2.56. The van der Waals surface area contributed by atoms with Crippen molar-refractivity contribution in [3.63, 3.8) is 0 Å². The lowest BCUT2D eigenvalue weighted by Gasteiger charge is -2.17. The van der Waals surface area contributed by atoms with Crippen molar-refractivity contribution in [1.82, 2.24) is 15.0 Å². The Morgan fingerprint density at radius 3 is 2.44 bits per heavy atom. The van der Waals surface area contributed by atoms with Gasteiger partial charge in [0.25, 0.3) is 0 Å². The molecule has 11 heteroatoms. The highest BCUT2D eigenvalue weighted by molar-refractivity contribution is 5.77. The van der Waals surface area contributed by atoms with Gasteiger partial charge in [-0.25, -0.2) is 0 Å². The molecule has 0 fully saturated rings. The van der Waals surface area contributed by atoms with Crippen LogP contribution in [0.1, 0.15) is 11.5 Å². The van der Waals surface area contributed by atoms with Crippen LogP contribution in [0.2, 0.25) is 0 Å². The van der Waals surface area contributed by atoms with Gasteiger partial charge in [0.2, 0.25) is 11.7 Å². The van der Waals surface area contributed by atoms with Crippen molar-refractivity contribution >= 4 is 5.91 Å². The van der Waals surface area contributed by atoms with Crippen LogP contribution < -0.4 is 0 Å². The van der Waals surface area contributed by atoms with E-state index in [0.717, 1.165) is 0 Å². The Morgan fingerprint density at radius 2 is 1.92 bits per heavy atom. The van der Waals surface area contributed by atoms with Gasteiger partial charge in [0.05, 0.1) is 0 Å². The van der Waals surface area contributed by atoms with Crippen molar-refractivity contribution in [2.75, 3.05) is 13.7 Å². The number of nitrogens with zero attached hydrogens (tertiary/aromatic N) is 3. The van der Waals surface area contributed by atoms with Crippen LogP contribution in [0.5, 0.6) is 0 Å². The maximum atomic E-state index is 12.4. The molecule has 0 aliphatic carbocycles. The summed E-state index contributed by atoms with van der Waals surface area (Å²) in [7, 11) is 1.40. The van der Waals surface area contributed by atoms with E-state index >= 15 is 0 Å².